The number of hydrogen-bond donors (Lipinski definition) is 0. The Morgan fingerprint density at radius 2 is 1.47 bits per heavy atom. The fourth-order valence-electron chi connectivity index (χ4n) is 3.26. The van der Waals surface area contributed by atoms with Crippen molar-refractivity contribution in [2.75, 3.05) is 6.61 Å². The van der Waals surface area contributed by atoms with Crippen molar-refractivity contribution in [1.82, 2.24) is 0 Å². The number of ether oxygens (including phenoxy) is 1. The molecular formula is C27H26O3. The molecule has 0 saturated carbocycles. The minimum Gasteiger partial charge on any atom is -0.461 e. The number of esters is 1. The second-order valence-electron chi connectivity index (χ2n) is 7.30. The van der Waals surface area contributed by atoms with E-state index in [0.717, 1.165) is 16.7 Å². The summed E-state index contributed by atoms with van der Waals surface area (Å²) in [5.41, 5.74) is 3.80. The second kappa shape index (κ2) is 10.9. The first-order chi connectivity index (χ1) is 14.6. The number of aryl methyl sites for hydroxylation is 1. The Bertz CT molecular complexity index is 974. The van der Waals surface area contributed by atoms with Crippen LogP contribution in [0.5, 0.6) is 0 Å². The molecule has 0 fully saturated rings. The molecule has 30 heavy (non-hydrogen) atoms. The molecule has 152 valence electrons. The summed E-state index contributed by atoms with van der Waals surface area (Å²) in [4.78, 5) is 25.2. The van der Waals surface area contributed by atoms with Crippen LogP contribution in [0.1, 0.15) is 45.8 Å². The summed E-state index contributed by atoms with van der Waals surface area (Å²) >= 11 is 0. The van der Waals surface area contributed by atoms with Gasteiger partial charge in [-0.2, -0.15) is 0 Å². The highest BCUT2D eigenvalue weighted by Crippen LogP contribution is 2.26. The third-order valence-corrected chi connectivity index (χ3v) is 4.94. The Morgan fingerprint density at radius 3 is 2.13 bits per heavy atom. The summed E-state index contributed by atoms with van der Waals surface area (Å²) in [5.74, 6) is -0.496. The molecule has 0 saturated heterocycles. The molecule has 0 aliphatic carbocycles. The minimum absolute atomic E-state index is 0.0284. The van der Waals surface area contributed by atoms with Crippen molar-refractivity contribution < 1.29 is 14.3 Å². The fraction of sp³-hybridized carbons (Fsp3) is 0.185. The lowest BCUT2D eigenvalue weighted by molar-refractivity contribution is -0.142. The molecule has 3 heteroatoms. The van der Waals surface area contributed by atoms with Gasteiger partial charge in [0.15, 0.2) is 5.78 Å². The first-order valence-corrected chi connectivity index (χ1v) is 10.1. The Kier molecular flexibility index (Phi) is 7.73. The summed E-state index contributed by atoms with van der Waals surface area (Å²) in [5, 5.41) is 0. The molecule has 0 aliphatic rings. The largest absolute Gasteiger partial charge is 0.461 e. The molecular weight excluding hydrogens is 372 g/mol. The molecule has 3 aromatic carbocycles. The average molecular weight is 399 g/mol. The smallest absolute Gasteiger partial charge is 0.306 e. The Labute approximate surface area is 178 Å². The van der Waals surface area contributed by atoms with Gasteiger partial charge in [0.25, 0.3) is 0 Å². The van der Waals surface area contributed by atoms with Crippen LogP contribution in [0, 0.1) is 6.92 Å². The van der Waals surface area contributed by atoms with E-state index in [-0.39, 0.29) is 37.1 Å². The van der Waals surface area contributed by atoms with Gasteiger partial charge in [-0.1, -0.05) is 96.6 Å². The second-order valence-corrected chi connectivity index (χ2v) is 7.30. The van der Waals surface area contributed by atoms with E-state index < -0.39 is 0 Å². The molecule has 0 heterocycles. The van der Waals surface area contributed by atoms with Gasteiger partial charge in [-0.05, 0) is 24.1 Å². The van der Waals surface area contributed by atoms with E-state index in [1.54, 1.807) is 0 Å². The van der Waals surface area contributed by atoms with E-state index in [4.69, 9.17) is 4.74 Å². The van der Waals surface area contributed by atoms with Crippen molar-refractivity contribution in [3.63, 3.8) is 0 Å². The molecule has 0 N–H and O–H groups in total. The summed E-state index contributed by atoms with van der Waals surface area (Å²) < 4.78 is 5.38. The third-order valence-electron chi connectivity index (χ3n) is 4.94. The average Bonchev–Trinajstić information content (AvgIpc) is 2.78. The normalized spacial score (nSPS) is 11.9. The molecule has 1 atom stereocenters. The molecule has 3 rings (SSSR count). The quantitative estimate of drug-likeness (QED) is 0.328. The van der Waals surface area contributed by atoms with Crippen LogP contribution < -0.4 is 0 Å². The van der Waals surface area contributed by atoms with E-state index in [0.29, 0.717) is 5.56 Å². The van der Waals surface area contributed by atoms with Crippen molar-refractivity contribution in [2.24, 2.45) is 0 Å². The van der Waals surface area contributed by atoms with Crippen molar-refractivity contribution in [2.45, 2.75) is 25.7 Å². The SMILES string of the molecule is Cc1ccc(C(=O)CC(CC(=O)OCC=Cc2ccccc2)c2ccccc2)cc1. The lowest BCUT2D eigenvalue weighted by Crippen LogP contribution is -2.14. The number of carbonyl (C=O) groups is 2. The summed E-state index contributed by atoms with van der Waals surface area (Å²) in [6.45, 7) is 2.20. The lowest BCUT2D eigenvalue weighted by Gasteiger charge is -2.16. The van der Waals surface area contributed by atoms with Crippen LogP contribution in [0.25, 0.3) is 6.08 Å². The van der Waals surface area contributed by atoms with Crippen LogP contribution in [-0.4, -0.2) is 18.4 Å². The third kappa shape index (κ3) is 6.56. The Hall–Kier alpha value is -3.46. The molecule has 0 aromatic heterocycles. The maximum atomic E-state index is 12.8. The molecule has 3 aromatic rings. The van der Waals surface area contributed by atoms with E-state index in [1.807, 2.05) is 104 Å². The summed E-state index contributed by atoms with van der Waals surface area (Å²) in [6, 6.07) is 27.1. The van der Waals surface area contributed by atoms with E-state index >= 15 is 0 Å². The maximum absolute atomic E-state index is 12.8. The summed E-state index contributed by atoms with van der Waals surface area (Å²) in [7, 11) is 0. The van der Waals surface area contributed by atoms with Gasteiger partial charge in [-0.15, -0.1) is 0 Å². The Morgan fingerprint density at radius 1 is 0.833 bits per heavy atom. The van der Waals surface area contributed by atoms with Gasteiger partial charge in [0.1, 0.15) is 6.61 Å². The standard InChI is InChI=1S/C27H26O3/c1-21-14-16-24(17-15-21)26(28)19-25(23-12-6-3-7-13-23)20-27(29)30-18-8-11-22-9-4-2-5-10-22/h2-17,25H,18-20H2,1H3. The van der Waals surface area contributed by atoms with Gasteiger partial charge in [-0.25, -0.2) is 0 Å². The molecule has 0 spiro atoms. The van der Waals surface area contributed by atoms with Gasteiger partial charge in [0.2, 0.25) is 0 Å². The van der Waals surface area contributed by atoms with Crippen molar-refractivity contribution >= 4 is 17.8 Å². The molecule has 0 aliphatic heterocycles. The first-order valence-electron chi connectivity index (χ1n) is 10.1. The highest BCUT2D eigenvalue weighted by Gasteiger charge is 2.21. The zero-order valence-electron chi connectivity index (χ0n) is 17.2. The minimum atomic E-state index is -0.307. The molecule has 0 amide bonds. The van der Waals surface area contributed by atoms with Crippen molar-refractivity contribution in [3.05, 3.63) is 113 Å². The van der Waals surface area contributed by atoms with Crippen LogP contribution in [0.2, 0.25) is 0 Å². The van der Waals surface area contributed by atoms with Crippen LogP contribution in [0.3, 0.4) is 0 Å². The number of carbonyl (C=O) groups excluding carboxylic acids is 2. The zero-order chi connectivity index (χ0) is 21.2. The van der Waals surface area contributed by atoms with Crippen LogP contribution >= 0.6 is 0 Å². The maximum Gasteiger partial charge on any atom is 0.306 e. The van der Waals surface area contributed by atoms with Crippen LogP contribution in [-0.2, 0) is 9.53 Å². The predicted octanol–water partition coefficient (Wildman–Crippen LogP) is 6.00. The van der Waals surface area contributed by atoms with E-state index in [9.17, 15) is 9.59 Å². The topological polar surface area (TPSA) is 43.4 Å². The number of rotatable bonds is 9. The van der Waals surface area contributed by atoms with Crippen LogP contribution in [0.15, 0.2) is 91.0 Å². The highest BCUT2D eigenvalue weighted by atomic mass is 16.5. The van der Waals surface area contributed by atoms with Crippen molar-refractivity contribution in [3.8, 4) is 0 Å². The molecule has 1 unspecified atom stereocenters. The van der Waals surface area contributed by atoms with Gasteiger partial charge in [0.05, 0.1) is 6.42 Å². The van der Waals surface area contributed by atoms with E-state index in [2.05, 4.69) is 0 Å². The lowest BCUT2D eigenvalue weighted by atomic mass is 9.89. The summed E-state index contributed by atoms with van der Waals surface area (Å²) in [6.07, 6.45) is 4.17. The highest BCUT2D eigenvalue weighted by molar-refractivity contribution is 5.96. The van der Waals surface area contributed by atoms with Crippen LogP contribution in [0.4, 0.5) is 0 Å². The first kappa shape index (κ1) is 21.3. The van der Waals surface area contributed by atoms with Gasteiger partial charge >= 0.3 is 5.97 Å². The van der Waals surface area contributed by atoms with Gasteiger partial charge < -0.3 is 4.74 Å². The van der Waals surface area contributed by atoms with Crippen molar-refractivity contribution in [1.29, 1.82) is 0 Å². The fourth-order valence-corrected chi connectivity index (χ4v) is 3.26. The molecule has 0 bridgehead atoms. The predicted molar refractivity (Wildman–Crippen MR) is 120 cm³/mol. The zero-order valence-corrected chi connectivity index (χ0v) is 17.2. The number of benzene rings is 3. The molecule has 3 nitrogen and oxygen atoms in total. The molecule has 0 radical (unpaired) electrons. The monoisotopic (exact) mass is 398 g/mol. The number of hydrogen-bond acceptors (Lipinski definition) is 3. The van der Waals surface area contributed by atoms with Gasteiger partial charge in [0, 0.05) is 17.9 Å². The number of ketones is 1. The van der Waals surface area contributed by atoms with Gasteiger partial charge in [-0.3, -0.25) is 9.59 Å². The van der Waals surface area contributed by atoms with E-state index in [1.165, 1.54) is 0 Å². The Balaban J connectivity index is 1.61. The number of Topliss-reactive ketones (excluding diaryl/α,β-unsaturated/α-hetero) is 1.